The maximum absolute atomic E-state index is 11.6. The van der Waals surface area contributed by atoms with E-state index in [1.54, 1.807) is 13.8 Å². The number of rotatable bonds is 5. The predicted molar refractivity (Wildman–Crippen MR) is 58.6 cm³/mol. The van der Waals surface area contributed by atoms with E-state index in [1.165, 1.54) is 0 Å². The van der Waals surface area contributed by atoms with Crippen LogP contribution in [0.25, 0.3) is 0 Å². The molecular weight excluding hydrogens is 208 g/mol. The third-order valence-corrected chi connectivity index (χ3v) is 2.81. The first-order valence-electron chi connectivity index (χ1n) is 5.66. The minimum Gasteiger partial charge on any atom is -0.356 e. The van der Waals surface area contributed by atoms with Crippen LogP contribution in [0.15, 0.2) is 0 Å². The average Bonchev–Trinajstić information content (AvgIpc) is 2.63. The predicted octanol–water partition coefficient (Wildman–Crippen LogP) is -0.146. The number of likely N-dealkylation sites (N-methyl/N-ethyl adjacent to an activating group) is 1. The number of ketones is 1. The van der Waals surface area contributed by atoms with Crippen LogP contribution < -0.4 is 10.6 Å². The number of nitrogens with one attached hydrogen (secondary N) is 2. The minimum absolute atomic E-state index is 0.00412. The van der Waals surface area contributed by atoms with Gasteiger partial charge in [0.15, 0.2) is 0 Å². The molecule has 0 aromatic carbocycles. The van der Waals surface area contributed by atoms with Gasteiger partial charge >= 0.3 is 0 Å². The van der Waals surface area contributed by atoms with E-state index in [1.807, 2.05) is 0 Å². The molecule has 5 heteroatoms. The van der Waals surface area contributed by atoms with Gasteiger partial charge in [0.2, 0.25) is 11.7 Å². The Morgan fingerprint density at radius 2 is 2.25 bits per heavy atom. The number of amides is 2. The van der Waals surface area contributed by atoms with Gasteiger partial charge in [0, 0.05) is 24.9 Å². The van der Waals surface area contributed by atoms with E-state index >= 15 is 0 Å². The molecule has 0 radical (unpaired) electrons. The van der Waals surface area contributed by atoms with Crippen molar-refractivity contribution in [3.05, 3.63) is 0 Å². The van der Waals surface area contributed by atoms with Crippen molar-refractivity contribution >= 4 is 17.6 Å². The van der Waals surface area contributed by atoms with Crippen LogP contribution in [0.2, 0.25) is 0 Å². The highest BCUT2D eigenvalue weighted by Crippen LogP contribution is 2.19. The molecule has 0 aromatic heterocycles. The van der Waals surface area contributed by atoms with Gasteiger partial charge in [-0.05, 0) is 19.8 Å². The first-order chi connectivity index (χ1) is 7.56. The highest BCUT2D eigenvalue weighted by atomic mass is 16.2. The van der Waals surface area contributed by atoms with Crippen LogP contribution in [0.1, 0.15) is 26.7 Å². The smallest absolute Gasteiger partial charge is 0.287 e. The first kappa shape index (κ1) is 12.7. The first-order valence-corrected chi connectivity index (χ1v) is 5.66. The molecule has 1 aliphatic rings. The van der Waals surface area contributed by atoms with Gasteiger partial charge < -0.3 is 10.6 Å². The summed E-state index contributed by atoms with van der Waals surface area (Å²) in [5, 5.41) is 5.19. The summed E-state index contributed by atoms with van der Waals surface area (Å²) in [6.07, 6.45) is 1.22. The molecule has 5 nitrogen and oxygen atoms in total. The van der Waals surface area contributed by atoms with Crippen LogP contribution in [0.3, 0.4) is 0 Å². The lowest BCUT2D eigenvalue weighted by molar-refractivity contribution is -0.140. The highest BCUT2D eigenvalue weighted by molar-refractivity contribution is 6.36. The molecule has 2 amide bonds. The van der Waals surface area contributed by atoms with Crippen molar-refractivity contribution in [1.82, 2.24) is 10.6 Å². The molecule has 2 atom stereocenters. The summed E-state index contributed by atoms with van der Waals surface area (Å²) >= 11 is 0. The molecule has 16 heavy (non-hydrogen) atoms. The summed E-state index contributed by atoms with van der Waals surface area (Å²) in [5.74, 6) is -1.49. The van der Waals surface area contributed by atoms with E-state index in [0.29, 0.717) is 19.5 Å². The lowest BCUT2D eigenvalue weighted by atomic mass is 9.91. The van der Waals surface area contributed by atoms with Crippen LogP contribution >= 0.6 is 0 Å². The fourth-order valence-corrected chi connectivity index (χ4v) is 1.88. The van der Waals surface area contributed by atoms with Gasteiger partial charge in [0.25, 0.3) is 5.91 Å². The van der Waals surface area contributed by atoms with E-state index in [9.17, 15) is 14.4 Å². The Kier molecular flexibility index (Phi) is 4.46. The van der Waals surface area contributed by atoms with E-state index in [2.05, 4.69) is 10.6 Å². The quantitative estimate of drug-likeness (QED) is 0.640. The summed E-state index contributed by atoms with van der Waals surface area (Å²) < 4.78 is 0. The molecule has 0 aliphatic carbocycles. The minimum atomic E-state index is -0.548. The van der Waals surface area contributed by atoms with Crippen LogP contribution in [0, 0.1) is 11.8 Å². The fraction of sp³-hybridized carbons (Fsp3) is 0.727. The van der Waals surface area contributed by atoms with E-state index in [0.717, 1.165) is 6.42 Å². The maximum Gasteiger partial charge on any atom is 0.287 e. The van der Waals surface area contributed by atoms with Gasteiger partial charge in [-0.1, -0.05) is 6.92 Å². The zero-order valence-electron chi connectivity index (χ0n) is 9.71. The van der Waals surface area contributed by atoms with Gasteiger partial charge in [-0.15, -0.1) is 0 Å². The fourth-order valence-electron chi connectivity index (χ4n) is 1.88. The molecule has 0 bridgehead atoms. The second kappa shape index (κ2) is 5.63. The third kappa shape index (κ3) is 3.05. The number of hydrogen-bond donors (Lipinski definition) is 2. The van der Waals surface area contributed by atoms with Crippen molar-refractivity contribution in [1.29, 1.82) is 0 Å². The number of Topliss-reactive ketones (excluding diaryl/α,β-unsaturated/α-hetero) is 1. The second-order valence-corrected chi connectivity index (χ2v) is 4.14. The van der Waals surface area contributed by atoms with Crippen molar-refractivity contribution in [2.24, 2.45) is 11.8 Å². The molecular formula is C11H18N2O3. The Bertz CT molecular complexity index is 302. The van der Waals surface area contributed by atoms with Crippen molar-refractivity contribution in [2.45, 2.75) is 26.7 Å². The SMILES string of the molecule is CCNC(=O)C(=O)[C@@H](C)C[C@@H]1CCNC1=O. The summed E-state index contributed by atoms with van der Waals surface area (Å²) in [5.41, 5.74) is 0. The van der Waals surface area contributed by atoms with Gasteiger partial charge in [-0.3, -0.25) is 14.4 Å². The zero-order valence-corrected chi connectivity index (χ0v) is 9.71. The molecule has 1 saturated heterocycles. The van der Waals surface area contributed by atoms with E-state index in [-0.39, 0.29) is 17.7 Å². The van der Waals surface area contributed by atoms with Gasteiger partial charge in [-0.25, -0.2) is 0 Å². The Morgan fingerprint density at radius 1 is 1.56 bits per heavy atom. The monoisotopic (exact) mass is 226 g/mol. The molecule has 1 aliphatic heterocycles. The Labute approximate surface area is 95.0 Å². The lowest BCUT2D eigenvalue weighted by Crippen LogP contribution is -2.35. The summed E-state index contributed by atoms with van der Waals surface area (Å²) in [6.45, 7) is 4.58. The van der Waals surface area contributed by atoms with Gasteiger partial charge in [0.1, 0.15) is 0 Å². The standard InChI is InChI=1S/C11H18N2O3/c1-3-12-11(16)9(14)7(2)6-8-4-5-13-10(8)15/h7-8H,3-6H2,1-2H3,(H,12,16)(H,13,15)/t7-,8-/m0/s1. The van der Waals surface area contributed by atoms with Crippen LogP contribution in [-0.4, -0.2) is 30.7 Å². The van der Waals surface area contributed by atoms with Crippen LogP contribution in [0.4, 0.5) is 0 Å². The maximum atomic E-state index is 11.6. The normalized spacial score (nSPS) is 21.4. The molecule has 0 spiro atoms. The summed E-state index contributed by atoms with van der Waals surface area (Å²) in [4.78, 5) is 34.2. The third-order valence-electron chi connectivity index (χ3n) is 2.81. The van der Waals surface area contributed by atoms with Crippen molar-refractivity contribution in [3.63, 3.8) is 0 Å². The summed E-state index contributed by atoms with van der Waals surface area (Å²) in [7, 11) is 0. The average molecular weight is 226 g/mol. The summed E-state index contributed by atoms with van der Waals surface area (Å²) in [6, 6.07) is 0. The molecule has 0 saturated carbocycles. The van der Waals surface area contributed by atoms with E-state index in [4.69, 9.17) is 0 Å². The van der Waals surface area contributed by atoms with Crippen molar-refractivity contribution < 1.29 is 14.4 Å². The Balaban J connectivity index is 2.45. The molecule has 1 fully saturated rings. The number of carbonyl (C=O) groups is 3. The van der Waals surface area contributed by atoms with Gasteiger partial charge in [0.05, 0.1) is 0 Å². The van der Waals surface area contributed by atoms with Gasteiger partial charge in [-0.2, -0.15) is 0 Å². The van der Waals surface area contributed by atoms with Crippen molar-refractivity contribution in [2.75, 3.05) is 13.1 Å². The molecule has 0 unspecified atom stereocenters. The van der Waals surface area contributed by atoms with Crippen molar-refractivity contribution in [3.8, 4) is 0 Å². The Morgan fingerprint density at radius 3 is 2.75 bits per heavy atom. The zero-order chi connectivity index (χ0) is 12.1. The lowest BCUT2D eigenvalue weighted by Gasteiger charge is -2.12. The molecule has 1 heterocycles. The largest absolute Gasteiger partial charge is 0.356 e. The topological polar surface area (TPSA) is 75.3 Å². The van der Waals surface area contributed by atoms with Crippen LogP contribution in [-0.2, 0) is 14.4 Å². The molecule has 2 N–H and O–H groups in total. The second-order valence-electron chi connectivity index (χ2n) is 4.14. The Hall–Kier alpha value is -1.39. The number of carbonyl (C=O) groups excluding carboxylic acids is 3. The van der Waals surface area contributed by atoms with E-state index < -0.39 is 11.7 Å². The highest BCUT2D eigenvalue weighted by Gasteiger charge is 2.30. The molecule has 90 valence electrons. The van der Waals surface area contributed by atoms with Crippen LogP contribution in [0.5, 0.6) is 0 Å². The number of hydrogen-bond acceptors (Lipinski definition) is 3. The molecule has 1 rings (SSSR count). The molecule has 0 aromatic rings.